The second kappa shape index (κ2) is 30.8. The van der Waals surface area contributed by atoms with Gasteiger partial charge in [0.15, 0.2) is 0 Å². The second-order valence-electron chi connectivity index (χ2n) is 0. The first-order valence-corrected chi connectivity index (χ1v) is 0. The van der Waals surface area contributed by atoms with Crippen LogP contribution in [-0.2, 0) is 20.4 Å². The zero-order valence-electron chi connectivity index (χ0n) is 1.89. The van der Waals surface area contributed by atoms with E-state index in [1.807, 2.05) is 0 Å². The molecule has 0 saturated carbocycles. The van der Waals surface area contributed by atoms with Gasteiger partial charge in [0.2, 0.25) is 0 Å². The molecule has 0 unspecified atom stereocenters. The van der Waals surface area contributed by atoms with Gasteiger partial charge in [0.05, 0.1) is 0 Å². The SMILES string of the molecule is [Br-].[Br-].[Br-].[Br-].[Re]. The van der Waals surface area contributed by atoms with Crippen LogP contribution in [0, 0.1) is 0 Å². The molecule has 0 aromatic heterocycles. The van der Waals surface area contributed by atoms with E-state index in [-0.39, 0.29) is 88.3 Å². The van der Waals surface area contributed by atoms with E-state index in [2.05, 4.69) is 0 Å². The fourth-order valence-electron chi connectivity index (χ4n) is 0. The molecule has 0 saturated heterocycles. The molecule has 0 rings (SSSR count). The minimum absolute atomic E-state index is 0. The van der Waals surface area contributed by atoms with Crippen LogP contribution in [0.15, 0.2) is 0 Å². The first-order chi connectivity index (χ1) is 0. The molecule has 0 bridgehead atoms. The van der Waals surface area contributed by atoms with E-state index >= 15 is 0 Å². The quantitative estimate of drug-likeness (QED) is 0.307. The fourth-order valence-corrected chi connectivity index (χ4v) is 0. The van der Waals surface area contributed by atoms with E-state index in [1.54, 1.807) is 0 Å². The molecule has 0 atom stereocenters. The van der Waals surface area contributed by atoms with Crippen molar-refractivity contribution < 1.29 is 88.3 Å². The molecule has 0 N–H and O–H groups in total. The molecular formula is Br4Re-4. The van der Waals surface area contributed by atoms with Gasteiger partial charge in [-0.1, -0.05) is 0 Å². The maximum Gasteiger partial charge on any atom is 0 e. The molecule has 1 radical (unpaired) electrons. The van der Waals surface area contributed by atoms with Gasteiger partial charge >= 0.3 is 0 Å². The van der Waals surface area contributed by atoms with Crippen molar-refractivity contribution in [3.8, 4) is 0 Å². The molecular weight excluding hydrogens is 506 g/mol. The van der Waals surface area contributed by atoms with Gasteiger partial charge in [0.25, 0.3) is 0 Å². The van der Waals surface area contributed by atoms with Crippen molar-refractivity contribution in [2.75, 3.05) is 0 Å². The normalized spacial score (nSPS) is 0. The molecule has 0 nitrogen and oxygen atoms in total. The Hall–Kier alpha value is 2.58. The van der Waals surface area contributed by atoms with Crippen LogP contribution < -0.4 is 67.9 Å². The Bertz CT molecular complexity index is 3.61. The predicted molar refractivity (Wildman–Crippen MR) is 0 cm³/mol. The summed E-state index contributed by atoms with van der Waals surface area (Å²) in [5.74, 6) is 0. The number of hydrogen-bond donors (Lipinski definition) is 0. The van der Waals surface area contributed by atoms with Crippen molar-refractivity contribution >= 4 is 0 Å². The van der Waals surface area contributed by atoms with Crippen LogP contribution >= 0.6 is 0 Å². The van der Waals surface area contributed by atoms with Gasteiger partial charge in [-0.15, -0.1) is 0 Å². The summed E-state index contributed by atoms with van der Waals surface area (Å²) in [7, 11) is 0. The molecule has 5 heteroatoms. The smallest absolute Gasteiger partial charge is 0 e. The third kappa shape index (κ3) is 20.7. The van der Waals surface area contributed by atoms with Gasteiger partial charge in [-0.25, -0.2) is 0 Å². The van der Waals surface area contributed by atoms with Crippen molar-refractivity contribution in [3.63, 3.8) is 0 Å². The first-order valence-electron chi connectivity index (χ1n) is 0. The van der Waals surface area contributed by atoms with E-state index in [9.17, 15) is 0 Å². The van der Waals surface area contributed by atoms with Crippen LogP contribution in [0.4, 0.5) is 0 Å². The molecule has 0 aliphatic heterocycles. The van der Waals surface area contributed by atoms with E-state index < -0.39 is 0 Å². The van der Waals surface area contributed by atoms with Gasteiger partial charge in [-0.2, -0.15) is 0 Å². The Labute approximate surface area is 87.2 Å². The molecule has 0 spiro atoms. The van der Waals surface area contributed by atoms with E-state index in [1.165, 1.54) is 0 Å². The second-order valence-corrected chi connectivity index (χ2v) is 0. The topological polar surface area (TPSA) is 0 Å². The molecule has 0 aliphatic carbocycles. The third-order valence-electron chi connectivity index (χ3n) is 0. The summed E-state index contributed by atoms with van der Waals surface area (Å²) in [5, 5.41) is 0. The largest absolute Gasteiger partial charge is 1.00 e. The summed E-state index contributed by atoms with van der Waals surface area (Å²) in [6, 6.07) is 0. The van der Waals surface area contributed by atoms with Crippen molar-refractivity contribution in [1.29, 1.82) is 0 Å². The first kappa shape index (κ1) is 49.3. The molecule has 39 valence electrons. The van der Waals surface area contributed by atoms with Crippen molar-refractivity contribution in [3.05, 3.63) is 0 Å². The van der Waals surface area contributed by atoms with Crippen molar-refractivity contribution in [2.24, 2.45) is 0 Å². The van der Waals surface area contributed by atoms with Crippen LogP contribution in [-0.4, -0.2) is 0 Å². The van der Waals surface area contributed by atoms with Crippen LogP contribution in [0.5, 0.6) is 0 Å². The third-order valence-corrected chi connectivity index (χ3v) is 0. The zero-order valence-corrected chi connectivity index (χ0v) is 10.9. The molecule has 0 heterocycles. The van der Waals surface area contributed by atoms with Gasteiger partial charge in [0, 0.05) is 20.4 Å². The van der Waals surface area contributed by atoms with E-state index in [4.69, 9.17) is 0 Å². The van der Waals surface area contributed by atoms with E-state index in [0.717, 1.165) is 0 Å². The van der Waals surface area contributed by atoms with Gasteiger partial charge in [-0.05, 0) is 0 Å². The zero-order chi connectivity index (χ0) is 0. The Morgan fingerprint density at radius 3 is 0.400 bits per heavy atom. The Morgan fingerprint density at radius 1 is 0.400 bits per heavy atom. The van der Waals surface area contributed by atoms with Gasteiger partial charge < -0.3 is 67.9 Å². The summed E-state index contributed by atoms with van der Waals surface area (Å²) < 4.78 is 0. The average molecular weight is 506 g/mol. The summed E-state index contributed by atoms with van der Waals surface area (Å²) in [6.07, 6.45) is 0. The van der Waals surface area contributed by atoms with Crippen molar-refractivity contribution in [2.45, 2.75) is 0 Å². The van der Waals surface area contributed by atoms with Crippen LogP contribution in [0.3, 0.4) is 0 Å². The van der Waals surface area contributed by atoms with E-state index in [0.29, 0.717) is 0 Å². The Balaban J connectivity index is 0. The number of rotatable bonds is 0. The molecule has 0 aromatic carbocycles. The molecule has 0 fully saturated rings. The maximum absolute atomic E-state index is 0. The van der Waals surface area contributed by atoms with Crippen LogP contribution in [0.25, 0.3) is 0 Å². The summed E-state index contributed by atoms with van der Waals surface area (Å²) in [4.78, 5) is 0. The average Bonchev–Trinajstić information content (AvgIpc) is 0. The van der Waals surface area contributed by atoms with Crippen LogP contribution in [0.1, 0.15) is 0 Å². The summed E-state index contributed by atoms with van der Waals surface area (Å²) >= 11 is 0. The molecule has 5 heavy (non-hydrogen) atoms. The standard InChI is InChI=1S/4BrH.Re/h4*1H;/p-4. The van der Waals surface area contributed by atoms with Gasteiger partial charge in [0.1, 0.15) is 0 Å². The number of halogens is 4. The van der Waals surface area contributed by atoms with Gasteiger partial charge in [-0.3, -0.25) is 0 Å². The monoisotopic (exact) mass is 503 g/mol. The maximum atomic E-state index is 0. The fraction of sp³-hybridized carbons (Fsp3) is 0. The van der Waals surface area contributed by atoms with Crippen LogP contribution in [0.2, 0.25) is 0 Å². The molecule has 0 aliphatic rings. The Kier molecular flexibility index (Phi) is 303. The predicted octanol–water partition coefficient (Wildman–Crippen LogP) is -12.0. The molecule has 0 aromatic rings. The summed E-state index contributed by atoms with van der Waals surface area (Å²) in [6.45, 7) is 0. The minimum atomic E-state index is 0. The Morgan fingerprint density at radius 2 is 0.400 bits per heavy atom. The minimum Gasteiger partial charge on any atom is -1.00 e. The summed E-state index contributed by atoms with van der Waals surface area (Å²) in [5.41, 5.74) is 0. The number of hydrogen-bond acceptors (Lipinski definition) is 0. The molecule has 0 amide bonds. The van der Waals surface area contributed by atoms with Crippen molar-refractivity contribution in [1.82, 2.24) is 0 Å².